The fourth-order valence-corrected chi connectivity index (χ4v) is 1.61. The second-order valence-electron chi connectivity index (χ2n) is 3.49. The van der Waals surface area contributed by atoms with Crippen LogP contribution < -0.4 is 4.74 Å². The summed E-state index contributed by atoms with van der Waals surface area (Å²) in [5, 5.41) is 0.551. The van der Waals surface area contributed by atoms with E-state index in [9.17, 15) is 4.79 Å². The third kappa shape index (κ3) is 5.04. The van der Waals surface area contributed by atoms with Gasteiger partial charge in [0, 0.05) is 26.3 Å². The second-order valence-corrected chi connectivity index (χ2v) is 4.26. The van der Waals surface area contributed by atoms with Crippen molar-refractivity contribution in [3.63, 3.8) is 0 Å². The van der Waals surface area contributed by atoms with Crippen LogP contribution in [0.15, 0.2) is 11.4 Å². The molecule has 1 aromatic heterocycles. The monoisotopic (exact) mass is 286 g/mol. The van der Waals surface area contributed by atoms with E-state index >= 15 is 0 Å². The topological polar surface area (TPSA) is 70.5 Å². The highest BCUT2D eigenvalue weighted by Crippen LogP contribution is 2.19. The number of hydrogen-bond donors (Lipinski definition) is 0. The van der Waals surface area contributed by atoms with Gasteiger partial charge in [0.25, 0.3) is 0 Å². The summed E-state index contributed by atoms with van der Waals surface area (Å²) in [6.45, 7) is 3.06. The second kappa shape index (κ2) is 8.71. The summed E-state index contributed by atoms with van der Waals surface area (Å²) in [7, 11) is 1.63. The summed E-state index contributed by atoms with van der Waals surface area (Å²) in [5.41, 5.74) is 0.247. The van der Waals surface area contributed by atoms with E-state index in [4.69, 9.17) is 14.2 Å². The number of esters is 1. The first-order chi connectivity index (χ1) is 9.22. The van der Waals surface area contributed by atoms with Gasteiger partial charge in [0.2, 0.25) is 5.88 Å². The first-order valence-electron chi connectivity index (χ1n) is 5.92. The van der Waals surface area contributed by atoms with Crippen molar-refractivity contribution in [1.29, 1.82) is 0 Å². The van der Waals surface area contributed by atoms with Crippen molar-refractivity contribution >= 4 is 17.7 Å². The smallest absolute Gasteiger partial charge is 0.345 e. The van der Waals surface area contributed by atoms with Gasteiger partial charge in [-0.05, 0) is 13.2 Å². The maximum Gasteiger partial charge on any atom is 0.345 e. The quantitative estimate of drug-likeness (QED) is 0.312. The molecule has 0 aromatic carbocycles. The molecule has 0 saturated carbocycles. The van der Waals surface area contributed by atoms with Crippen molar-refractivity contribution in [2.24, 2.45) is 0 Å². The molecule has 0 aliphatic rings. The van der Waals surface area contributed by atoms with Crippen LogP contribution in [-0.4, -0.2) is 49.1 Å². The van der Waals surface area contributed by atoms with Crippen molar-refractivity contribution in [3.8, 4) is 5.88 Å². The molecule has 1 aromatic rings. The van der Waals surface area contributed by atoms with Crippen LogP contribution in [0.1, 0.15) is 23.7 Å². The average molecular weight is 286 g/mol. The van der Waals surface area contributed by atoms with E-state index in [2.05, 4.69) is 9.97 Å². The Balaban J connectivity index is 2.80. The summed E-state index contributed by atoms with van der Waals surface area (Å²) < 4.78 is 15.4. The number of aromatic nitrogens is 2. The van der Waals surface area contributed by atoms with Gasteiger partial charge in [-0.1, -0.05) is 11.8 Å². The van der Waals surface area contributed by atoms with Crippen molar-refractivity contribution in [1.82, 2.24) is 9.97 Å². The minimum absolute atomic E-state index is 0.247. The Hall–Kier alpha value is -1.34. The highest BCUT2D eigenvalue weighted by molar-refractivity contribution is 7.98. The molecule has 1 rings (SSSR count). The summed E-state index contributed by atoms with van der Waals surface area (Å²) in [6.07, 6.45) is 4.01. The largest absolute Gasteiger partial charge is 0.477 e. The predicted molar refractivity (Wildman–Crippen MR) is 71.8 cm³/mol. The maximum absolute atomic E-state index is 11.7. The van der Waals surface area contributed by atoms with Crippen molar-refractivity contribution < 1.29 is 19.0 Å². The van der Waals surface area contributed by atoms with Crippen LogP contribution in [0.2, 0.25) is 0 Å². The van der Waals surface area contributed by atoms with E-state index in [1.54, 1.807) is 14.0 Å². The molecule has 0 unspecified atom stereocenters. The molecule has 0 radical (unpaired) electrons. The number of carbonyl (C=O) groups is 1. The minimum Gasteiger partial charge on any atom is -0.477 e. The Kier molecular flexibility index (Phi) is 7.20. The van der Waals surface area contributed by atoms with Gasteiger partial charge in [-0.2, -0.15) is 4.98 Å². The van der Waals surface area contributed by atoms with Gasteiger partial charge in [-0.25, -0.2) is 9.78 Å². The van der Waals surface area contributed by atoms with E-state index in [1.807, 2.05) is 6.26 Å². The van der Waals surface area contributed by atoms with Gasteiger partial charge in [0.05, 0.1) is 13.2 Å². The molecule has 19 heavy (non-hydrogen) atoms. The molecule has 6 nitrogen and oxygen atoms in total. The summed E-state index contributed by atoms with van der Waals surface area (Å²) >= 11 is 1.38. The lowest BCUT2D eigenvalue weighted by Crippen LogP contribution is -2.12. The van der Waals surface area contributed by atoms with Crippen LogP contribution in [0, 0.1) is 0 Å². The van der Waals surface area contributed by atoms with Crippen molar-refractivity contribution in [3.05, 3.63) is 11.8 Å². The third-order valence-corrected chi connectivity index (χ3v) is 2.70. The van der Waals surface area contributed by atoms with Crippen LogP contribution in [0.4, 0.5) is 0 Å². The zero-order valence-corrected chi connectivity index (χ0v) is 12.2. The Morgan fingerprint density at radius 2 is 2.21 bits per heavy atom. The molecule has 0 atom stereocenters. The van der Waals surface area contributed by atoms with E-state index in [1.165, 1.54) is 18.0 Å². The highest BCUT2D eigenvalue weighted by Gasteiger charge is 2.17. The van der Waals surface area contributed by atoms with Crippen molar-refractivity contribution in [2.45, 2.75) is 18.5 Å². The third-order valence-electron chi connectivity index (χ3n) is 2.14. The first kappa shape index (κ1) is 15.7. The molecule has 0 spiro atoms. The van der Waals surface area contributed by atoms with Gasteiger partial charge in [-0.15, -0.1) is 0 Å². The number of hydrogen-bond acceptors (Lipinski definition) is 7. The van der Waals surface area contributed by atoms with Gasteiger partial charge >= 0.3 is 5.97 Å². The molecule has 0 amide bonds. The summed E-state index contributed by atoms with van der Waals surface area (Å²) in [4.78, 5) is 20.0. The molecule has 0 aliphatic heterocycles. The Labute approximate surface area is 116 Å². The van der Waals surface area contributed by atoms with E-state index in [-0.39, 0.29) is 11.4 Å². The van der Waals surface area contributed by atoms with Gasteiger partial charge < -0.3 is 14.2 Å². The Morgan fingerprint density at radius 1 is 1.42 bits per heavy atom. The first-order valence-corrected chi connectivity index (χ1v) is 7.15. The zero-order chi connectivity index (χ0) is 14.1. The summed E-state index contributed by atoms with van der Waals surface area (Å²) in [6, 6.07) is 0. The highest BCUT2D eigenvalue weighted by atomic mass is 32.2. The van der Waals surface area contributed by atoms with Crippen LogP contribution >= 0.6 is 11.8 Å². The molecule has 0 bridgehead atoms. The minimum atomic E-state index is -0.475. The van der Waals surface area contributed by atoms with Crippen LogP contribution in [0.3, 0.4) is 0 Å². The molecule has 0 fully saturated rings. The lowest BCUT2D eigenvalue weighted by Gasteiger charge is -2.10. The number of carbonyl (C=O) groups excluding carboxylic acids is 1. The zero-order valence-electron chi connectivity index (χ0n) is 11.3. The lowest BCUT2D eigenvalue weighted by molar-refractivity contribution is 0.0519. The Bertz CT molecular complexity index is 415. The fraction of sp³-hybridized carbons (Fsp3) is 0.583. The number of thioether (sulfide) groups is 1. The maximum atomic E-state index is 11.7. The molecule has 106 valence electrons. The van der Waals surface area contributed by atoms with Gasteiger partial charge in [-0.3, -0.25) is 0 Å². The normalized spacial score (nSPS) is 10.3. The van der Waals surface area contributed by atoms with Gasteiger partial charge in [0.15, 0.2) is 5.16 Å². The molecular formula is C12H18N2O4S. The van der Waals surface area contributed by atoms with E-state index < -0.39 is 5.97 Å². The number of rotatable bonds is 8. The van der Waals surface area contributed by atoms with Gasteiger partial charge in [0.1, 0.15) is 5.56 Å². The Morgan fingerprint density at radius 3 is 2.84 bits per heavy atom. The average Bonchev–Trinajstić information content (AvgIpc) is 2.43. The van der Waals surface area contributed by atoms with Crippen molar-refractivity contribution in [2.75, 3.05) is 33.2 Å². The molecule has 0 aliphatic carbocycles. The van der Waals surface area contributed by atoms with E-state index in [0.29, 0.717) is 25.0 Å². The molecular weight excluding hydrogens is 268 g/mol. The van der Waals surface area contributed by atoms with Crippen LogP contribution in [0.5, 0.6) is 5.88 Å². The lowest BCUT2D eigenvalue weighted by atomic mass is 10.3. The van der Waals surface area contributed by atoms with E-state index in [0.717, 1.165) is 6.42 Å². The standard InChI is InChI=1S/C12H18N2O4S/c1-4-17-11(15)9-8-13-12(19-3)14-10(9)18-7-5-6-16-2/h8H,4-7H2,1-3H3. The molecule has 0 N–H and O–H groups in total. The predicted octanol–water partition coefficient (Wildman–Crippen LogP) is 1.79. The van der Waals surface area contributed by atoms with Crippen LogP contribution in [0.25, 0.3) is 0 Å². The SMILES string of the molecule is CCOC(=O)c1cnc(SC)nc1OCCCOC. The number of nitrogens with zero attached hydrogens (tertiary/aromatic N) is 2. The number of methoxy groups -OCH3 is 1. The number of ether oxygens (including phenoxy) is 3. The molecule has 7 heteroatoms. The summed E-state index contributed by atoms with van der Waals surface area (Å²) in [5.74, 6) is -0.217. The fourth-order valence-electron chi connectivity index (χ4n) is 1.28. The molecule has 1 heterocycles. The van der Waals surface area contributed by atoms with Crippen LogP contribution in [-0.2, 0) is 9.47 Å². The molecule has 0 saturated heterocycles.